The molecule has 1 N–H and O–H groups in total. The Morgan fingerprint density at radius 2 is 2.08 bits per heavy atom. The van der Waals surface area contributed by atoms with Crippen LogP contribution in [0.1, 0.15) is 44.9 Å². The van der Waals surface area contributed by atoms with Crippen LogP contribution in [0.4, 0.5) is 0 Å². The molecule has 2 aliphatic heterocycles. The van der Waals surface area contributed by atoms with E-state index in [-0.39, 0.29) is 0 Å². The Kier molecular flexibility index (Phi) is 6.03. The van der Waals surface area contributed by atoms with Crippen LogP contribution in [0.25, 0.3) is 0 Å². The number of guanidine groups is 1. The Labute approximate surface area is 147 Å². The van der Waals surface area contributed by atoms with E-state index in [0.717, 1.165) is 44.7 Å². The van der Waals surface area contributed by atoms with Crippen LogP contribution < -0.4 is 5.32 Å². The van der Waals surface area contributed by atoms with Crippen molar-refractivity contribution >= 4 is 5.96 Å². The molecule has 24 heavy (non-hydrogen) atoms. The number of hydrogen-bond acceptors (Lipinski definition) is 3. The van der Waals surface area contributed by atoms with Gasteiger partial charge in [0.2, 0.25) is 0 Å². The molecule has 5 nitrogen and oxygen atoms in total. The second kappa shape index (κ2) is 8.05. The molecule has 1 saturated carbocycles. The summed E-state index contributed by atoms with van der Waals surface area (Å²) >= 11 is 0. The topological polar surface area (TPSA) is 40.1 Å². The molecule has 0 aromatic heterocycles. The zero-order valence-electron chi connectivity index (χ0n) is 15.9. The molecule has 0 bridgehead atoms. The van der Waals surface area contributed by atoms with Crippen molar-refractivity contribution in [3.05, 3.63) is 0 Å². The lowest BCUT2D eigenvalue weighted by Gasteiger charge is -2.36. The summed E-state index contributed by atoms with van der Waals surface area (Å²) < 4.78 is 5.66. The Morgan fingerprint density at radius 3 is 2.71 bits per heavy atom. The van der Waals surface area contributed by atoms with E-state index in [9.17, 15) is 0 Å². The van der Waals surface area contributed by atoms with Gasteiger partial charge in [-0.25, -0.2) is 0 Å². The predicted octanol–water partition coefficient (Wildman–Crippen LogP) is 2.18. The Hall–Kier alpha value is -0.810. The average molecular weight is 337 g/mol. The van der Waals surface area contributed by atoms with Gasteiger partial charge in [0.15, 0.2) is 5.96 Å². The summed E-state index contributed by atoms with van der Waals surface area (Å²) in [6, 6.07) is 0.605. The smallest absolute Gasteiger partial charge is 0.193 e. The minimum atomic E-state index is 0.391. The fourth-order valence-electron chi connectivity index (χ4n) is 4.91. The fraction of sp³-hybridized carbons (Fsp3) is 0.947. The van der Waals surface area contributed by atoms with Gasteiger partial charge in [0, 0.05) is 44.7 Å². The molecule has 0 radical (unpaired) electrons. The molecule has 1 spiro atoms. The van der Waals surface area contributed by atoms with Gasteiger partial charge in [-0.15, -0.1) is 0 Å². The molecule has 1 aliphatic carbocycles. The zero-order chi connectivity index (χ0) is 17.0. The molecule has 3 fully saturated rings. The monoisotopic (exact) mass is 336 g/mol. The zero-order valence-corrected chi connectivity index (χ0v) is 15.9. The van der Waals surface area contributed by atoms with Gasteiger partial charge in [0.1, 0.15) is 0 Å². The van der Waals surface area contributed by atoms with Gasteiger partial charge >= 0.3 is 0 Å². The largest absolute Gasteiger partial charge is 0.381 e. The van der Waals surface area contributed by atoms with Crippen LogP contribution in [-0.4, -0.2) is 75.8 Å². The Balaban J connectivity index is 1.54. The maximum absolute atomic E-state index is 5.66. The molecule has 0 aromatic rings. The normalized spacial score (nSPS) is 30.5. The third-order valence-corrected chi connectivity index (χ3v) is 6.46. The van der Waals surface area contributed by atoms with Crippen LogP contribution in [0.15, 0.2) is 4.99 Å². The molecular formula is C19H36N4O. The fourth-order valence-corrected chi connectivity index (χ4v) is 4.91. The highest BCUT2D eigenvalue weighted by Crippen LogP contribution is 2.38. The lowest BCUT2D eigenvalue weighted by atomic mass is 9.83. The lowest BCUT2D eigenvalue weighted by molar-refractivity contribution is 0.156. The molecule has 138 valence electrons. The van der Waals surface area contributed by atoms with Crippen LogP contribution in [-0.2, 0) is 4.74 Å². The van der Waals surface area contributed by atoms with Gasteiger partial charge in [-0.1, -0.05) is 19.3 Å². The van der Waals surface area contributed by atoms with E-state index in [1.165, 1.54) is 44.9 Å². The maximum atomic E-state index is 5.66. The van der Waals surface area contributed by atoms with Crippen molar-refractivity contribution in [1.82, 2.24) is 15.1 Å². The highest BCUT2D eigenvalue weighted by Gasteiger charge is 2.42. The van der Waals surface area contributed by atoms with Gasteiger partial charge < -0.3 is 19.9 Å². The van der Waals surface area contributed by atoms with Crippen LogP contribution in [0.2, 0.25) is 0 Å². The van der Waals surface area contributed by atoms with Crippen molar-refractivity contribution in [3.8, 4) is 0 Å². The first-order valence-electron chi connectivity index (χ1n) is 9.83. The van der Waals surface area contributed by atoms with E-state index in [1.807, 2.05) is 7.05 Å². The van der Waals surface area contributed by atoms with Crippen molar-refractivity contribution < 1.29 is 4.74 Å². The summed E-state index contributed by atoms with van der Waals surface area (Å²) in [5, 5.41) is 3.69. The highest BCUT2D eigenvalue weighted by molar-refractivity contribution is 5.80. The number of nitrogens with one attached hydrogen (secondary N) is 1. The van der Waals surface area contributed by atoms with E-state index >= 15 is 0 Å². The Bertz CT molecular complexity index is 425. The first kappa shape index (κ1) is 18.0. The summed E-state index contributed by atoms with van der Waals surface area (Å²) in [7, 11) is 6.37. The minimum absolute atomic E-state index is 0.391. The molecule has 0 amide bonds. The van der Waals surface area contributed by atoms with Crippen LogP contribution in [0.5, 0.6) is 0 Å². The number of hydrogen-bond donors (Lipinski definition) is 1. The van der Waals surface area contributed by atoms with E-state index in [2.05, 4.69) is 34.2 Å². The summed E-state index contributed by atoms with van der Waals surface area (Å²) in [6.07, 6.45) is 9.44. The first-order valence-corrected chi connectivity index (χ1v) is 9.83. The number of ether oxygens (including phenoxy) is 1. The molecule has 3 aliphatic rings. The van der Waals surface area contributed by atoms with Crippen molar-refractivity contribution in [3.63, 3.8) is 0 Å². The molecule has 2 saturated heterocycles. The minimum Gasteiger partial charge on any atom is -0.381 e. The van der Waals surface area contributed by atoms with Crippen molar-refractivity contribution in [2.75, 3.05) is 54.0 Å². The van der Waals surface area contributed by atoms with E-state index < -0.39 is 0 Å². The second-order valence-corrected chi connectivity index (χ2v) is 8.33. The molecule has 2 heterocycles. The van der Waals surface area contributed by atoms with E-state index in [0.29, 0.717) is 11.5 Å². The van der Waals surface area contributed by atoms with Crippen LogP contribution in [0, 0.1) is 11.3 Å². The van der Waals surface area contributed by atoms with Gasteiger partial charge in [0.25, 0.3) is 0 Å². The third-order valence-electron chi connectivity index (χ3n) is 6.46. The summed E-state index contributed by atoms with van der Waals surface area (Å²) in [5.41, 5.74) is 0.391. The van der Waals surface area contributed by atoms with Gasteiger partial charge in [-0.2, -0.15) is 0 Å². The van der Waals surface area contributed by atoms with Gasteiger partial charge in [-0.05, 0) is 45.7 Å². The van der Waals surface area contributed by atoms with Crippen molar-refractivity contribution in [1.29, 1.82) is 0 Å². The van der Waals surface area contributed by atoms with Crippen molar-refractivity contribution in [2.45, 2.75) is 51.0 Å². The van der Waals surface area contributed by atoms with Gasteiger partial charge in [-0.3, -0.25) is 4.99 Å². The maximum Gasteiger partial charge on any atom is 0.193 e. The number of nitrogens with zero attached hydrogens (tertiary/aromatic N) is 3. The summed E-state index contributed by atoms with van der Waals surface area (Å²) in [6.45, 7) is 5.08. The average Bonchev–Trinajstić information content (AvgIpc) is 3.22. The van der Waals surface area contributed by atoms with E-state index in [1.54, 1.807) is 0 Å². The molecule has 2 unspecified atom stereocenters. The number of aliphatic imine (C=N–C) groups is 1. The highest BCUT2D eigenvalue weighted by atomic mass is 16.5. The number of likely N-dealkylation sites (N-methyl/N-ethyl adjacent to an activating group) is 1. The molecule has 2 atom stereocenters. The molecule has 3 rings (SSSR count). The summed E-state index contributed by atoms with van der Waals surface area (Å²) in [5.74, 6) is 1.91. The summed E-state index contributed by atoms with van der Waals surface area (Å²) in [4.78, 5) is 9.43. The van der Waals surface area contributed by atoms with E-state index in [4.69, 9.17) is 4.74 Å². The quantitative estimate of drug-likeness (QED) is 0.631. The van der Waals surface area contributed by atoms with Gasteiger partial charge in [0.05, 0.1) is 6.61 Å². The number of likely N-dealkylation sites (tertiary alicyclic amines) is 1. The van der Waals surface area contributed by atoms with Crippen LogP contribution in [0.3, 0.4) is 0 Å². The molecular weight excluding hydrogens is 300 g/mol. The van der Waals surface area contributed by atoms with Crippen molar-refractivity contribution in [2.24, 2.45) is 16.3 Å². The lowest BCUT2D eigenvalue weighted by Crippen LogP contribution is -2.49. The second-order valence-electron chi connectivity index (χ2n) is 8.33. The number of rotatable bonds is 4. The molecule has 5 heteroatoms. The Morgan fingerprint density at radius 1 is 1.29 bits per heavy atom. The SMILES string of the molecule is CN=C(NCC(C1CCCCC1)N(C)C)N1CCC2(CCOC2)C1. The first-order chi connectivity index (χ1) is 11.6. The predicted molar refractivity (Wildman–Crippen MR) is 99.5 cm³/mol. The standard InChI is InChI=1S/C19H36N4O/c1-20-18(23-11-9-19(14-23)10-12-24-15-19)21-13-17(22(2)3)16-7-5-4-6-8-16/h16-17H,4-15H2,1-3H3,(H,20,21). The third kappa shape index (κ3) is 4.05. The molecule has 0 aromatic carbocycles. The van der Waals surface area contributed by atoms with Crippen LogP contribution >= 0.6 is 0 Å².